The Morgan fingerprint density at radius 3 is 1.29 bits per heavy atom. The molecule has 0 N–H and O–H groups in total. The highest BCUT2D eigenvalue weighted by Crippen LogP contribution is 2.45. The molecule has 1 aromatic heterocycles. The molecule has 12 rings (SSSR count). The average Bonchev–Trinajstić information content (AvgIpc) is 3.75. The summed E-state index contributed by atoms with van der Waals surface area (Å²) in [5.74, 6) is 0. The zero-order valence-corrected chi connectivity index (χ0v) is 36.3. The summed E-state index contributed by atoms with van der Waals surface area (Å²) in [7, 11) is 0. The maximum absolute atomic E-state index is 2.45. The van der Waals surface area contributed by atoms with Crippen LogP contribution in [0.25, 0.3) is 93.9 Å². The van der Waals surface area contributed by atoms with Crippen molar-refractivity contribution in [2.45, 2.75) is 0 Å². The Bertz CT molecular complexity index is 3540. The van der Waals surface area contributed by atoms with Gasteiger partial charge in [0.2, 0.25) is 0 Å². The molecule has 1 heterocycles. The van der Waals surface area contributed by atoms with Crippen molar-refractivity contribution in [3.05, 3.63) is 267 Å². The minimum Gasteiger partial charge on any atom is -0.310 e. The van der Waals surface area contributed by atoms with E-state index < -0.39 is 0 Å². The maximum Gasteiger partial charge on any atom is 0.0625 e. The first-order valence-electron chi connectivity index (χ1n) is 22.7. The quantitative estimate of drug-likeness (QED) is 0.141. The zero-order chi connectivity index (χ0) is 43.8. The molecule has 0 fully saturated rings. The fourth-order valence-electron chi connectivity index (χ4n) is 9.79. The molecule has 66 heavy (non-hydrogen) atoms. The summed E-state index contributed by atoms with van der Waals surface area (Å²) in [6.07, 6.45) is 0. The molecular formula is C64H44N2. The predicted molar refractivity (Wildman–Crippen MR) is 280 cm³/mol. The third-order valence-electron chi connectivity index (χ3n) is 12.9. The van der Waals surface area contributed by atoms with Crippen LogP contribution in [0.2, 0.25) is 0 Å². The maximum atomic E-state index is 2.45. The molecule has 0 bridgehead atoms. The highest BCUT2D eigenvalue weighted by atomic mass is 15.1. The molecule has 11 aromatic carbocycles. The molecule has 12 aromatic rings. The second kappa shape index (κ2) is 16.8. The van der Waals surface area contributed by atoms with Gasteiger partial charge in [-0.1, -0.05) is 194 Å². The Balaban J connectivity index is 1.00. The largest absolute Gasteiger partial charge is 0.310 e. The first-order chi connectivity index (χ1) is 32.7. The molecule has 0 aliphatic heterocycles. The van der Waals surface area contributed by atoms with E-state index in [9.17, 15) is 0 Å². The second-order valence-corrected chi connectivity index (χ2v) is 16.9. The van der Waals surface area contributed by atoms with Crippen LogP contribution >= 0.6 is 0 Å². The van der Waals surface area contributed by atoms with Gasteiger partial charge in [0.05, 0.1) is 11.0 Å². The van der Waals surface area contributed by atoms with E-state index in [1.165, 1.54) is 82.6 Å². The van der Waals surface area contributed by atoms with Crippen LogP contribution in [-0.2, 0) is 0 Å². The summed E-state index contributed by atoms with van der Waals surface area (Å²) in [4.78, 5) is 2.39. The summed E-state index contributed by atoms with van der Waals surface area (Å²) in [6, 6.07) is 96.8. The van der Waals surface area contributed by atoms with Crippen molar-refractivity contribution >= 4 is 49.6 Å². The molecule has 0 atom stereocenters. The van der Waals surface area contributed by atoms with Crippen molar-refractivity contribution in [2.75, 3.05) is 4.90 Å². The number of fused-ring (bicyclic) bond motifs is 5. The van der Waals surface area contributed by atoms with Crippen LogP contribution in [0.4, 0.5) is 17.1 Å². The number of anilines is 3. The monoisotopic (exact) mass is 840 g/mol. The minimum atomic E-state index is 1.08. The Morgan fingerprint density at radius 2 is 0.712 bits per heavy atom. The standard InChI is InChI=1S/C64H44N2/c1-4-17-45(18-5-1)49-22-14-24-51(41-49)47-33-37-56(38-34-47)65(57-39-35-48(36-40-57)52-25-15-23-50(42-52)46-19-6-2-7-20-46)58-29-16-26-53(43-58)61-44-54-21-10-11-30-59(54)64-63(61)60-31-12-13-32-62(60)66(64)55-27-8-3-9-28-55/h1-44H. The van der Waals surface area contributed by atoms with Crippen molar-refractivity contribution in [2.24, 2.45) is 0 Å². The van der Waals surface area contributed by atoms with Gasteiger partial charge in [0.1, 0.15) is 0 Å². The summed E-state index contributed by atoms with van der Waals surface area (Å²) >= 11 is 0. The van der Waals surface area contributed by atoms with Crippen molar-refractivity contribution in [1.82, 2.24) is 4.57 Å². The van der Waals surface area contributed by atoms with Crippen molar-refractivity contribution in [3.8, 4) is 61.3 Å². The molecule has 2 nitrogen and oxygen atoms in total. The lowest BCUT2D eigenvalue weighted by atomic mass is 9.94. The van der Waals surface area contributed by atoms with Crippen molar-refractivity contribution in [1.29, 1.82) is 0 Å². The van der Waals surface area contributed by atoms with Crippen molar-refractivity contribution in [3.63, 3.8) is 0 Å². The second-order valence-electron chi connectivity index (χ2n) is 16.9. The summed E-state index contributed by atoms with van der Waals surface area (Å²) in [6.45, 7) is 0. The van der Waals surface area contributed by atoms with Crippen molar-refractivity contribution < 1.29 is 0 Å². The average molecular weight is 841 g/mol. The predicted octanol–water partition coefficient (Wildman–Crippen LogP) is 17.7. The van der Waals surface area contributed by atoms with Crippen LogP contribution < -0.4 is 4.90 Å². The number of hydrogen-bond acceptors (Lipinski definition) is 1. The highest BCUT2D eigenvalue weighted by molar-refractivity contribution is 6.24. The van der Waals surface area contributed by atoms with E-state index in [0.717, 1.165) is 28.3 Å². The van der Waals surface area contributed by atoms with E-state index in [1.807, 2.05) is 0 Å². The molecule has 0 saturated carbocycles. The Kier molecular flexibility index (Phi) is 9.89. The van der Waals surface area contributed by atoms with Gasteiger partial charge >= 0.3 is 0 Å². The summed E-state index contributed by atoms with van der Waals surface area (Å²) in [5, 5.41) is 4.93. The molecule has 2 heteroatoms. The van der Waals surface area contributed by atoms with E-state index in [-0.39, 0.29) is 0 Å². The molecule has 0 spiro atoms. The first-order valence-corrected chi connectivity index (χ1v) is 22.7. The van der Waals surface area contributed by atoms with E-state index >= 15 is 0 Å². The van der Waals surface area contributed by atoms with Crippen LogP contribution in [0, 0.1) is 0 Å². The van der Waals surface area contributed by atoms with Gasteiger partial charge in [0.15, 0.2) is 0 Å². The fraction of sp³-hybridized carbons (Fsp3) is 0. The molecule has 0 amide bonds. The van der Waals surface area contributed by atoms with Gasteiger partial charge in [-0.15, -0.1) is 0 Å². The minimum absolute atomic E-state index is 1.08. The lowest BCUT2D eigenvalue weighted by molar-refractivity contribution is 1.19. The van der Waals surface area contributed by atoms with Crippen LogP contribution in [-0.4, -0.2) is 4.57 Å². The van der Waals surface area contributed by atoms with E-state index in [2.05, 4.69) is 276 Å². The van der Waals surface area contributed by atoms with E-state index in [1.54, 1.807) is 0 Å². The number of aromatic nitrogens is 1. The number of hydrogen-bond donors (Lipinski definition) is 0. The van der Waals surface area contributed by atoms with E-state index in [4.69, 9.17) is 0 Å². The third-order valence-corrected chi connectivity index (χ3v) is 12.9. The van der Waals surface area contributed by atoms with Gasteiger partial charge in [-0.2, -0.15) is 0 Å². The lowest BCUT2D eigenvalue weighted by Crippen LogP contribution is -2.10. The van der Waals surface area contributed by atoms with Gasteiger partial charge in [0.25, 0.3) is 0 Å². The fourth-order valence-corrected chi connectivity index (χ4v) is 9.79. The van der Waals surface area contributed by atoms with Crippen LogP contribution in [0.5, 0.6) is 0 Å². The van der Waals surface area contributed by atoms with Gasteiger partial charge < -0.3 is 9.47 Å². The van der Waals surface area contributed by atoms with Crippen LogP contribution in [0.3, 0.4) is 0 Å². The van der Waals surface area contributed by atoms with Crippen LogP contribution in [0.15, 0.2) is 267 Å². The van der Waals surface area contributed by atoms with Gasteiger partial charge in [-0.05, 0) is 134 Å². The summed E-state index contributed by atoms with van der Waals surface area (Å²) in [5.41, 5.74) is 18.7. The third kappa shape index (κ3) is 7.12. The Morgan fingerprint density at radius 1 is 0.273 bits per heavy atom. The Hall–Kier alpha value is -8.72. The molecule has 0 aliphatic carbocycles. The van der Waals surface area contributed by atoms with Gasteiger partial charge in [0, 0.05) is 38.9 Å². The number of nitrogens with zero attached hydrogens (tertiary/aromatic N) is 2. The van der Waals surface area contributed by atoms with Gasteiger partial charge in [-0.3, -0.25) is 0 Å². The molecule has 0 unspecified atom stereocenters. The number of rotatable bonds is 9. The molecule has 310 valence electrons. The molecular weight excluding hydrogens is 797 g/mol. The van der Waals surface area contributed by atoms with E-state index in [0.29, 0.717) is 0 Å². The number of benzene rings is 11. The molecule has 0 radical (unpaired) electrons. The topological polar surface area (TPSA) is 8.17 Å². The normalized spacial score (nSPS) is 11.3. The highest BCUT2D eigenvalue weighted by Gasteiger charge is 2.21. The SMILES string of the molecule is c1ccc(-c2cccc(-c3ccc(N(c4ccc(-c5cccc(-c6ccccc6)c5)cc4)c4cccc(-c5cc6ccccc6c6c5c5ccccc5n6-c5ccccc5)c4)cc3)c2)cc1. The zero-order valence-electron chi connectivity index (χ0n) is 36.3. The van der Waals surface area contributed by atoms with Crippen LogP contribution in [0.1, 0.15) is 0 Å². The van der Waals surface area contributed by atoms with Gasteiger partial charge in [-0.25, -0.2) is 0 Å². The number of para-hydroxylation sites is 2. The summed E-state index contributed by atoms with van der Waals surface area (Å²) < 4.78 is 2.45. The lowest BCUT2D eigenvalue weighted by Gasteiger charge is -2.26. The first kappa shape index (κ1) is 38.9. The smallest absolute Gasteiger partial charge is 0.0625 e. The Labute approximate surface area is 385 Å². The molecule has 0 aliphatic rings. The molecule has 0 saturated heterocycles.